The molecule has 0 spiro atoms. The van der Waals surface area contributed by atoms with Crippen LogP contribution in [0.1, 0.15) is 27.6 Å². The van der Waals surface area contributed by atoms with Gasteiger partial charge in [0.2, 0.25) is 0 Å². The van der Waals surface area contributed by atoms with Gasteiger partial charge in [0.1, 0.15) is 22.8 Å². The minimum absolute atomic E-state index is 0.141. The molecule has 3 aromatic carbocycles. The van der Waals surface area contributed by atoms with Gasteiger partial charge in [-0.15, -0.1) is 0 Å². The molecule has 0 heterocycles. The molecule has 0 fully saturated rings. The average molecular weight is 479 g/mol. The minimum atomic E-state index is -0.725. The number of hydrogen-bond donors (Lipinski definition) is 2. The first-order valence-corrected chi connectivity index (χ1v) is 10.8. The maximum absolute atomic E-state index is 12.5. The molecule has 0 saturated heterocycles. The topological polar surface area (TPSA) is 112 Å². The van der Waals surface area contributed by atoms with Crippen molar-refractivity contribution in [3.63, 3.8) is 0 Å². The molecule has 2 amide bonds. The molecule has 2 N–H and O–H groups in total. The zero-order chi connectivity index (χ0) is 25.2. The summed E-state index contributed by atoms with van der Waals surface area (Å²) >= 11 is 0. The Bertz CT molecular complexity index is 1180. The van der Waals surface area contributed by atoms with Crippen LogP contribution in [-0.2, 0) is 9.53 Å². The fourth-order valence-corrected chi connectivity index (χ4v) is 3.09. The van der Waals surface area contributed by atoms with Gasteiger partial charge in [0.05, 0.1) is 20.8 Å². The third-order valence-corrected chi connectivity index (χ3v) is 4.81. The number of ether oxygens (including phenoxy) is 4. The molecule has 3 rings (SSSR count). The molecule has 0 saturated carbocycles. The first-order chi connectivity index (χ1) is 16.9. The van der Waals surface area contributed by atoms with Gasteiger partial charge in [-0.1, -0.05) is 0 Å². The second-order valence-electron chi connectivity index (χ2n) is 7.18. The lowest BCUT2D eigenvalue weighted by Crippen LogP contribution is -2.21. The van der Waals surface area contributed by atoms with E-state index in [1.807, 2.05) is 6.92 Å². The predicted molar refractivity (Wildman–Crippen MR) is 130 cm³/mol. The molecule has 182 valence electrons. The molecule has 0 atom stereocenters. The van der Waals surface area contributed by atoms with E-state index in [1.165, 1.54) is 20.3 Å². The van der Waals surface area contributed by atoms with Gasteiger partial charge in [0.15, 0.2) is 6.61 Å². The minimum Gasteiger partial charge on any atom is -0.497 e. The largest absolute Gasteiger partial charge is 0.497 e. The monoisotopic (exact) mass is 478 g/mol. The van der Waals surface area contributed by atoms with Gasteiger partial charge in [-0.25, -0.2) is 4.79 Å². The number of methoxy groups -OCH3 is 2. The highest BCUT2D eigenvalue weighted by molar-refractivity contribution is 6.04. The fraction of sp³-hybridized carbons (Fsp3) is 0.192. The Morgan fingerprint density at radius 1 is 0.771 bits per heavy atom. The summed E-state index contributed by atoms with van der Waals surface area (Å²) in [5, 5.41) is 5.41. The summed E-state index contributed by atoms with van der Waals surface area (Å²) in [7, 11) is 2.90. The number of carbonyl (C=O) groups excluding carboxylic acids is 3. The zero-order valence-corrected chi connectivity index (χ0v) is 19.6. The van der Waals surface area contributed by atoms with Crippen LogP contribution in [0.15, 0.2) is 66.7 Å². The molecular formula is C26H26N2O7. The zero-order valence-electron chi connectivity index (χ0n) is 19.6. The van der Waals surface area contributed by atoms with Crippen molar-refractivity contribution in [2.75, 3.05) is 38.1 Å². The molecule has 3 aromatic rings. The normalized spacial score (nSPS) is 10.1. The summed E-state index contributed by atoms with van der Waals surface area (Å²) in [5.74, 6) is -0.0831. The summed E-state index contributed by atoms with van der Waals surface area (Å²) in [6.45, 7) is 1.96. The lowest BCUT2D eigenvalue weighted by molar-refractivity contribution is -0.119. The number of anilines is 2. The molecule has 0 bridgehead atoms. The van der Waals surface area contributed by atoms with Gasteiger partial charge < -0.3 is 29.6 Å². The van der Waals surface area contributed by atoms with E-state index in [0.717, 1.165) is 5.75 Å². The van der Waals surface area contributed by atoms with Crippen molar-refractivity contribution in [1.29, 1.82) is 0 Å². The standard InChI is InChI=1S/C26H26N2O7/c1-4-34-20-11-9-19(10-12-20)28-25(30)17-5-7-18(8-6-17)27-24(29)16-35-26(31)22-15-21(32-2)13-14-23(22)33-3/h5-15H,4,16H2,1-3H3,(H,27,29)(H,28,30). The summed E-state index contributed by atoms with van der Waals surface area (Å²) in [5.41, 5.74) is 1.63. The summed E-state index contributed by atoms with van der Waals surface area (Å²) < 4.78 is 20.7. The van der Waals surface area contributed by atoms with Crippen LogP contribution < -0.4 is 24.8 Å². The maximum Gasteiger partial charge on any atom is 0.342 e. The Morgan fingerprint density at radius 2 is 1.40 bits per heavy atom. The SMILES string of the molecule is CCOc1ccc(NC(=O)c2ccc(NC(=O)COC(=O)c3cc(OC)ccc3OC)cc2)cc1. The number of carbonyl (C=O) groups is 3. The molecule has 0 aliphatic carbocycles. The van der Waals surface area contributed by atoms with E-state index in [9.17, 15) is 14.4 Å². The van der Waals surface area contributed by atoms with E-state index >= 15 is 0 Å². The number of benzene rings is 3. The molecule has 9 heteroatoms. The van der Waals surface area contributed by atoms with Crippen LogP contribution in [0.2, 0.25) is 0 Å². The van der Waals surface area contributed by atoms with Crippen LogP contribution >= 0.6 is 0 Å². The van der Waals surface area contributed by atoms with Crippen molar-refractivity contribution in [1.82, 2.24) is 0 Å². The Labute approximate surface area is 203 Å². The first kappa shape index (κ1) is 25.1. The smallest absolute Gasteiger partial charge is 0.342 e. The highest BCUT2D eigenvalue weighted by Gasteiger charge is 2.17. The van der Waals surface area contributed by atoms with Gasteiger partial charge in [-0.05, 0) is 73.7 Å². The molecule has 35 heavy (non-hydrogen) atoms. The van der Waals surface area contributed by atoms with Crippen LogP contribution in [-0.4, -0.2) is 45.2 Å². The molecule has 0 unspecified atom stereocenters. The van der Waals surface area contributed by atoms with Crippen LogP contribution in [0, 0.1) is 0 Å². The highest BCUT2D eigenvalue weighted by atomic mass is 16.5. The predicted octanol–water partition coefficient (Wildman–Crippen LogP) is 4.15. The lowest BCUT2D eigenvalue weighted by atomic mass is 10.2. The van der Waals surface area contributed by atoms with E-state index in [-0.39, 0.29) is 11.5 Å². The summed E-state index contributed by atoms with van der Waals surface area (Å²) in [6.07, 6.45) is 0. The number of rotatable bonds is 10. The molecule has 9 nitrogen and oxygen atoms in total. The maximum atomic E-state index is 12.5. The Balaban J connectivity index is 1.52. The first-order valence-electron chi connectivity index (χ1n) is 10.8. The Hall–Kier alpha value is -4.53. The van der Waals surface area contributed by atoms with Gasteiger partial charge in [-0.2, -0.15) is 0 Å². The summed E-state index contributed by atoms with van der Waals surface area (Å²) in [6, 6.07) is 18.0. The number of esters is 1. The van der Waals surface area contributed by atoms with E-state index in [4.69, 9.17) is 18.9 Å². The third kappa shape index (κ3) is 6.97. The van der Waals surface area contributed by atoms with Crippen LogP contribution in [0.3, 0.4) is 0 Å². The second kappa shape index (κ2) is 12.1. The molecular weight excluding hydrogens is 452 g/mol. The van der Waals surface area contributed by atoms with Crippen LogP contribution in [0.5, 0.6) is 17.2 Å². The second-order valence-corrected chi connectivity index (χ2v) is 7.18. The van der Waals surface area contributed by atoms with Gasteiger partial charge in [0.25, 0.3) is 11.8 Å². The van der Waals surface area contributed by atoms with E-state index in [0.29, 0.717) is 35.0 Å². The number of nitrogens with one attached hydrogen (secondary N) is 2. The van der Waals surface area contributed by atoms with Gasteiger partial charge in [0, 0.05) is 16.9 Å². The average Bonchev–Trinajstić information content (AvgIpc) is 2.88. The van der Waals surface area contributed by atoms with E-state index in [2.05, 4.69) is 10.6 Å². The van der Waals surface area contributed by atoms with Crippen molar-refractivity contribution in [2.45, 2.75) is 6.92 Å². The molecule has 0 radical (unpaired) electrons. The van der Waals surface area contributed by atoms with Gasteiger partial charge >= 0.3 is 5.97 Å². The Morgan fingerprint density at radius 3 is 2.03 bits per heavy atom. The molecule has 0 aliphatic heterocycles. The summed E-state index contributed by atoms with van der Waals surface area (Å²) in [4.78, 5) is 37.1. The number of hydrogen-bond acceptors (Lipinski definition) is 7. The highest BCUT2D eigenvalue weighted by Crippen LogP contribution is 2.24. The van der Waals surface area contributed by atoms with Crippen molar-refractivity contribution in [3.05, 3.63) is 77.9 Å². The molecule has 0 aromatic heterocycles. The quantitative estimate of drug-likeness (QED) is 0.421. The molecule has 0 aliphatic rings. The van der Waals surface area contributed by atoms with Crippen molar-refractivity contribution in [2.24, 2.45) is 0 Å². The lowest BCUT2D eigenvalue weighted by Gasteiger charge is -2.11. The third-order valence-electron chi connectivity index (χ3n) is 4.81. The van der Waals surface area contributed by atoms with Crippen LogP contribution in [0.4, 0.5) is 11.4 Å². The van der Waals surface area contributed by atoms with Gasteiger partial charge in [-0.3, -0.25) is 9.59 Å². The fourth-order valence-electron chi connectivity index (χ4n) is 3.09. The number of amides is 2. The van der Waals surface area contributed by atoms with Crippen LogP contribution in [0.25, 0.3) is 0 Å². The van der Waals surface area contributed by atoms with E-state index < -0.39 is 18.5 Å². The van der Waals surface area contributed by atoms with Crippen molar-refractivity contribution < 1.29 is 33.3 Å². The Kier molecular flexibility index (Phi) is 8.66. The van der Waals surface area contributed by atoms with E-state index in [1.54, 1.807) is 60.7 Å². The van der Waals surface area contributed by atoms with Crippen molar-refractivity contribution in [3.8, 4) is 17.2 Å². The van der Waals surface area contributed by atoms with Crippen molar-refractivity contribution >= 4 is 29.2 Å².